The van der Waals surface area contributed by atoms with Gasteiger partial charge in [0.05, 0.1) is 32.2 Å². The van der Waals surface area contributed by atoms with E-state index < -0.39 is 0 Å². The molecule has 0 radical (unpaired) electrons. The zero-order valence-corrected chi connectivity index (χ0v) is 23.3. The summed E-state index contributed by atoms with van der Waals surface area (Å²) in [5.74, 6) is 0.513. The lowest BCUT2D eigenvalue weighted by Gasteiger charge is -2.31. The molecule has 7 rings (SSSR count). The molecule has 1 fully saturated rings. The topological polar surface area (TPSA) is 74.8 Å². The lowest BCUT2D eigenvalue weighted by Crippen LogP contribution is -2.32. The van der Waals surface area contributed by atoms with E-state index in [0.29, 0.717) is 16.8 Å². The van der Waals surface area contributed by atoms with Crippen LogP contribution in [0.25, 0.3) is 43.9 Å². The van der Waals surface area contributed by atoms with E-state index in [1.54, 1.807) is 17.5 Å². The first-order valence-corrected chi connectivity index (χ1v) is 14.8. The van der Waals surface area contributed by atoms with Gasteiger partial charge >= 0.3 is 0 Å². The number of benzene rings is 2. The molecule has 0 spiro atoms. The quantitative estimate of drug-likeness (QED) is 0.236. The van der Waals surface area contributed by atoms with E-state index in [1.165, 1.54) is 10.6 Å². The maximum Gasteiger partial charge on any atom is 0.257 e. The molecule has 0 unspecified atom stereocenters. The fraction of sp³-hybridized carbons (Fsp3) is 0.176. The molecule has 0 amide bonds. The van der Waals surface area contributed by atoms with Crippen LogP contribution in [-0.4, -0.2) is 37.9 Å². The Morgan fingerprint density at radius 1 is 0.878 bits per heavy atom. The zero-order valence-electron chi connectivity index (χ0n) is 22.5. The summed E-state index contributed by atoms with van der Waals surface area (Å²) in [6.07, 6.45) is 7.70. The van der Waals surface area contributed by atoms with Gasteiger partial charge < -0.3 is 4.98 Å². The third-order valence-corrected chi connectivity index (χ3v) is 9.03. The largest absolute Gasteiger partial charge is 0.328 e. The van der Waals surface area contributed by atoms with E-state index in [9.17, 15) is 4.79 Å². The molecule has 1 N–H and O–H groups in total. The van der Waals surface area contributed by atoms with E-state index in [4.69, 9.17) is 9.97 Å². The van der Waals surface area contributed by atoms with Crippen molar-refractivity contribution in [2.75, 3.05) is 13.1 Å². The summed E-state index contributed by atoms with van der Waals surface area (Å²) >= 11 is 1.78. The number of aromatic nitrogens is 4. The number of hydrogen-bond donors (Lipinski definition) is 1. The Kier molecular flexibility index (Phi) is 6.96. The molecule has 202 valence electrons. The Morgan fingerprint density at radius 3 is 2.46 bits per heavy atom. The molecule has 1 aliphatic heterocycles. The highest BCUT2D eigenvalue weighted by molar-refractivity contribution is 7.15. The smallest absolute Gasteiger partial charge is 0.257 e. The second-order valence-corrected chi connectivity index (χ2v) is 11.6. The molecule has 0 bridgehead atoms. The van der Waals surface area contributed by atoms with Crippen molar-refractivity contribution in [3.63, 3.8) is 0 Å². The number of aromatic amines is 1. The molecule has 5 heterocycles. The monoisotopic (exact) mass is 555 g/mol. The van der Waals surface area contributed by atoms with Crippen molar-refractivity contribution in [1.82, 2.24) is 24.8 Å². The van der Waals surface area contributed by atoms with Crippen molar-refractivity contribution in [2.45, 2.75) is 25.3 Å². The normalized spacial score (nSPS) is 14.4. The molecule has 1 saturated heterocycles. The van der Waals surface area contributed by atoms with Gasteiger partial charge in [0, 0.05) is 42.2 Å². The van der Waals surface area contributed by atoms with Crippen LogP contribution < -0.4 is 5.56 Å². The number of nitrogens with zero attached hydrogens (tertiary/aromatic N) is 4. The van der Waals surface area contributed by atoms with Gasteiger partial charge in [-0.1, -0.05) is 60.7 Å². The van der Waals surface area contributed by atoms with Crippen LogP contribution >= 0.6 is 11.3 Å². The summed E-state index contributed by atoms with van der Waals surface area (Å²) in [6.45, 7) is 3.05. The van der Waals surface area contributed by atoms with Crippen LogP contribution in [0, 0.1) is 0 Å². The summed E-state index contributed by atoms with van der Waals surface area (Å²) in [7, 11) is 0. The van der Waals surface area contributed by atoms with Gasteiger partial charge in [-0.2, -0.15) is 0 Å². The predicted molar refractivity (Wildman–Crippen MR) is 166 cm³/mol. The van der Waals surface area contributed by atoms with Gasteiger partial charge in [0.2, 0.25) is 0 Å². The minimum atomic E-state index is -0.124. The Labute approximate surface area is 242 Å². The van der Waals surface area contributed by atoms with Crippen LogP contribution in [0.2, 0.25) is 0 Å². The van der Waals surface area contributed by atoms with Crippen molar-refractivity contribution in [3.05, 3.63) is 124 Å². The molecule has 7 heteroatoms. The zero-order chi connectivity index (χ0) is 27.6. The van der Waals surface area contributed by atoms with Crippen molar-refractivity contribution < 1.29 is 0 Å². The molecule has 1 aliphatic rings. The summed E-state index contributed by atoms with van der Waals surface area (Å²) in [4.78, 5) is 33.1. The van der Waals surface area contributed by atoms with Crippen molar-refractivity contribution >= 4 is 22.2 Å². The molecule has 41 heavy (non-hydrogen) atoms. The molecule has 4 aromatic heterocycles. The summed E-state index contributed by atoms with van der Waals surface area (Å²) in [6, 6.07) is 28.7. The maximum absolute atomic E-state index is 12.5. The standard InChI is InChI=1S/C34H29N5OS/c40-33-28-20-27(24-6-2-1-3-7-24)32(38-29(28)13-17-36-33)25-11-9-23(10-12-25)22-39-18-14-26(15-19-39)34-37-21-31(41-34)30-8-4-5-16-35-30/h1-13,16-17,20-21,26H,14-15,18-19,22H2,(H,36,40). The van der Waals surface area contributed by atoms with Crippen molar-refractivity contribution in [2.24, 2.45) is 0 Å². The Balaban J connectivity index is 1.06. The van der Waals surface area contributed by atoms with Crippen LogP contribution in [0.4, 0.5) is 0 Å². The Hall–Kier alpha value is -4.46. The first-order chi connectivity index (χ1) is 20.2. The van der Waals surface area contributed by atoms with Gasteiger partial charge in [-0.15, -0.1) is 11.3 Å². The minimum Gasteiger partial charge on any atom is -0.328 e. The van der Waals surface area contributed by atoms with Gasteiger partial charge in [0.15, 0.2) is 0 Å². The molecule has 6 aromatic rings. The highest BCUT2D eigenvalue weighted by Crippen LogP contribution is 2.35. The first kappa shape index (κ1) is 25.5. The third kappa shape index (κ3) is 5.34. The number of H-pyrrole nitrogens is 1. The average Bonchev–Trinajstić information content (AvgIpc) is 3.53. The third-order valence-electron chi connectivity index (χ3n) is 7.85. The highest BCUT2D eigenvalue weighted by atomic mass is 32.1. The highest BCUT2D eigenvalue weighted by Gasteiger charge is 2.23. The van der Waals surface area contributed by atoms with Crippen LogP contribution in [0.3, 0.4) is 0 Å². The maximum atomic E-state index is 12.5. The van der Waals surface area contributed by atoms with E-state index in [1.807, 2.05) is 60.9 Å². The van der Waals surface area contributed by atoms with E-state index in [2.05, 4.69) is 51.3 Å². The lowest BCUT2D eigenvalue weighted by atomic mass is 9.96. The number of fused-ring (bicyclic) bond motifs is 1. The SMILES string of the molecule is O=c1[nH]ccc2nc(-c3ccc(CN4CCC(c5ncc(-c6ccccn6)s5)CC4)cc3)c(-c3ccccc3)cc12. The number of likely N-dealkylation sites (tertiary alicyclic amines) is 1. The van der Waals surface area contributed by atoms with Gasteiger partial charge in [-0.05, 0) is 61.3 Å². The van der Waals surface area contributed by atoms with Crippen LogP contribution in [0.15, 0.2) is 108 Å². The van der Waals surface area contributed by atoms with E-state index in [0.717, 1.165) is 65.4 Å². The second kappa shape index (κ2) is 11.2. The fourth-order valence-corrected chi connectivity index (χ4v) is 6.70. The van der Waals surface area contributed by atoms with Crippen LogP contribution in [0.5, 0.6) is 0 Å². The number of hydrogen-bond acceptors (Lipinski definition) is 6. The summed E-state index contributed by atoms with van der Waals surface area (Å²) in [5, 5.41) is 1.83. The molecular weight excluding hydrogens is 526 g/mol. The number of pyridine rings is 3. The van der Waals surface area contributed by atoms with Gasteiger partial charge in [-0.25, -0.2) is 9.97 Å². The molecular formula is C34H29N5OS. The van der Waals surface area contributed by atoms with Gasteiger partial charge in [-0.3, -0.25) is 14.7 Å². The van der Waals surface area contributed by atoms with E-state index >= 15 is 0 Å². The second-order valence-electron chi connectivity index (χ2n) is 10.5. The van der Waals surface area contributed by atoms with Gasteiger partial charge in [0.25, 0.3) is 5.56 Å². The summed E-state index contributed by atoms with van der Waals surface area (Å²) < 4.78 is 0. The first-order valence-electron chi connectivity index (χ1n) is 14.0. The summed E-state index contributed by atoms with van der Waals surface area (Å²) in [5.41, 5.74) is 6.79. The average molecular weight is 556 g/mol. The lowest BCUT2D eigenvalue weighted by molar-refractivity contribution is 0.204. The molecule has 0 aliphatic carbocycles. The number of thiazole rings is 1. The van der Waals surface area contributed by atoms with Crippen LogP contribution in [0.1, 0.15) is 29.3 Å². The number of rotatable bonds is 6. The Morgan fingerprint density at radius 2 is 1.68 bits per heavy atom. The molecule has 0 atom stereocenters. The van der Waals surface area contributed by atoms with Gasteiger partial charge in [0.1, 0.15) is 0 Å². The number of piperidine rings is 1. The van der Waals surface area contributed by atoms with Crippen LogP contribution in [-0.2, 0) is 6.54 Å². The Bertz CT molecular complexity index is 1840. The predicted octanol–water partition coefficient (Wildman–Crippen LogP) is 7.16. The molecule has 0 saturated carbocycles. The molecule has 6 nitrogen and oxygen atoms in total. The number of nitrogens with one attached hydrogen (secondary N) is 1. The fourth-order valence-electron chi connectivity index (χ4n) is 5.64. The van der Waals surface area contributed by atoms with E-state index in [-0.39, 0.29) is 5.56 Å². The molecule has 2 aromatic carbocycles. The van der Waals surface area contributed by atoms with Crippen molar-refractivity contribution in [1.29, 1.82) is 0 Å². The minimum absolute atomic E-state index is 0.124. The van der Waals surface area contributed by atoms with Crippen molar-refractivity contribution in [3.8, 4) is 33.0 Å².